The quantitative estimate of drug-likeness (QED) is 0.203. The molecule has 1 saturated carbocycles. The first-order valence-corrected chi connectivity index (χ1v) is 14.2. The fourth-order valence-corrected chi connectivity index (χ4v) is 4.26. The van der Waals surface area contributed by atoms with Crippen LogP contribution in [0.2, 0.25) is 0 Å². The van der Waals surface area contributed by atoms with Gasteiger partial charge in [-0.05, 0) is 88.1 Å². The van der Waals surface area contributed by atoms with Gasteiger partial charge in [-0.3, -0.25) is 40.9 Å². The average molecular weight is 613 g/mol. The maximum atomic E-state index is 12.5. The maximum absolute atomic E-state index is 12.5. The van der Waals surface area contributed by atoms with Crippen LogP contribution in [0.1, 0.15) is 60.2 Å². The third-order valence-electron chi connectivity index (χ3n) is 6.59. The number of benzene rings is 2. The number of carbonyl (C=O) groups is 6. The average Bonchev–Trinajstić information content (AvgIpc) is 3.04. The van der Waals surface area contributed by atoms with E-state index in [1.807, 2.05) is 0 Å². The Labute approximate surface area is 254 Å². The van der Waals surface area contributed by atoms with Crippen LogP contribution in [-0.2, 0) is 28.7 Å². The minimum absolute atomic E-state index is 0.260. The molecule has 4 amide bonds. The summed E-state index contributed by atoms with van der Waals surface area (Å²) in [5.41, 5.74) is 10.1. The highest BCUT2D eigenvalue weighted by molar-refractivity contribution is 5.90. The summed E-state index contributed by atoms with van der Waals surface area (Å²) in [6.07, 6.45) is 1.67. The highest BCUT2D eigenvalue weighted by Crippen LogP contribution is 2.29. The van der Waals surface area contributed by atoms with Crippen molar-refractivity contribution in [2.75, 3.05) is 26.4 Å². The number of esters is 2. The molecule has 1 aliphatic carbocycles. The summed E-state index contributed by atoms with van der Waals surface area (Å²) in [5, 5.41) is 0. The molecule has 236 valence electrons. The van der Waals surface area contributed by atoms with Gasteiger partial charge in [-0.25, -0.2) is 9.59 Å². The normalized spacial score (nSPS) is 15.6. The number of carbonyl (C=O) groups excluding carboxylic acids is 6. The molecule has 0 saturated heterocycles. The van der Waals surface area contributed by atoms with Crippen molar-refractivity contribution < 1.29 is 47.7 Å². The summed E-state index contributed by atoms with van der Waals surface area (Å²) in [6.45, 7) is 3.22. The van der Waals surface area contributed by atoms with Gasteiger partial charge in [0, 0.05) is 11.8 Å². The predicted molar refractivity (Wildman–Crippen MR) is 154 cm³/mol. The van der Waals surface area contributed by atoms with Gasteiger partial charge in [0.25, 0.3) is 11.8 Å². The molecule has 14 heteroatoms. The van der Waals surface area contributed by atoms with E-state index in [4.69, 9.17) is 18.9 Å². The largest absolute Gasteiger partial charge is 0.484 e. The smallest absolute Gasteiger partial charge is 0.338 e. The zero-order valence-corrected chi connectivity index (χ0v) is 24.5. The molecule has 1 fully saturated rings. The minimum Gasteiger partial charge on any atom is -0.484 e. The van der Waals surface area contributed by atoms with E-state index >= 15 is 0 Å². The monoisotopic (exact) mass is 612 g/mol. The van der Waals surface area contributed by atoms with Crippen molar-refractivity contribution in [2.45, 2.75) is 39.5 Å². The summed E-state index contributed by atoms with van der Waals surface area (Å²) < 4.78 is 20.5. The Balaban J connectivity index is 1.28. The summed E-state index contributed by atoms with van der Waals surface area (Å²) in [6, 6.07) is 12.2. The molecule has 0 atom stereocenters. The lowest BCUT2D eigenvalue weighted by Crippen LogP contribution is -2.48. The standard InChI is InChI=1S/C30H36N4O10/c1-3-41-29(39)21-9-13-23(14-10-21)43-17-25(35)31-33-27(37)19-5-7-20(8-6-19)28(38)34-32-26(36)18-44-24-15-11-22(12-16-24)30(40)42-4-2/h9-16,19-20H,3-8,17-18H2,1-2H3,(H,31,35)(H,32,36)(H,33,37)(H,34,38). The van der Waals surface area contributed by atoms with Gasteiger partial charge in [0.1, 0.15) is 11.5 Å². The number of ether oxygens (including phenoxy) is 4. The Morgan fingerprint density at radius 1 is 0.568 bits per heavy atom. The van der Waals surface area contributed by atoms with E-state index in [0.717, 1.165) is 0 Å². The van der Waals surface area contributed by atoms with Crippen LogP contribution in [0.4, 0.5) is 0 Å². The second-order valence-corrected chi connectivity index (χ2v) is 9.69. The maximum Gasteiger partial charge on any atom is 0.338 e. The van der Waals surface area contributed by atoms with Gasteiger partial charge in [-0.2, -0.15) is 0 Å². The van der Waals surface area contributed by atoms with Crippen molar-refractivity contribution >= 4 is 35.6 Å². The van der Waals surface area contributed by atoms with Crippen LogP contribution in [0.3, 0.4) is 0 Å². The van der Waals surface area contributed by atoms with E-state index in [2.05, 4.69) is 21.7 Å². The van der Waals surface area contributed by atoms with Crippen LogP contribution in [0.25, 0.3) is 0 Å². The second kappa shape index (κ2) is 17.1. The Morgan fingerprint density at radius 2 is 0.909 bits per heavy atom. The summed E-state index contributed by atoms with van der Waals surface area (Å²) in [7, 11) is 0. The zero-order valence-electron chi connectivity index (χ0n) is 24.5. The number of nitrogens with one attached hydrogen (secondary N) is 4. The van der Waals surface area contributed by atoms with E-state index in [1.54, 1.807) is 13.8 Å². The van der Waals surface area contributed by atoms with Gasteiger partial charge in [-0.1, -0.05) is 0 Å². The number of rotatable bonds is 12. The first-order valence-electron chi connectivity index (χ1n) is 14.2. The van der Waals surface area contributed by atoms with Crippen molar-refractivity contribution in [3.05, 3.63) is 59.7 Å². The third kappa shape index (κ3) is 10.6. The van der Waals surface area contributed by atoms with Crippen LogP contribution in [-0.4, -0.2) is 62.0 Å². The lowest BCUT2D eigenvalue weighted by Gasteiger charge is -2.27. The van der Waals surface area contributed by atoms with Gasteiger partial charge < -0.3 is 18.9 Å². The van der Waals surface area contributed by atoms with Crippen LogP contribution in [0, 0.1) is 11.8 Å². The summed E-state index contributed by atoms with van der Waals surface area (Å²) in [5.74, 6) is -2.88. The highest BCUT2D eigenvalue weighted by Gasteiger charge is 2.30. The second-order valence-electron chi connectivity index (χ2n) is 9.69. The molecule has 0 heterocycles. The first-order chi connectivity index (χ1) is 21.2. The number of hydrazine groups is 2. The summed E-state index contributed by atoms with van der Waals surface area (Å²) in [4.78, 5) is 72.5. The Bertz CT molecular complexity index is 1200. The summed E-state index contributed by atoms with van der Waals surface area (Å²) >= 11 is 0. The molecule has 0 spiro atoms. The molecule has 0 radical (unpaired) electrons. The van der Waals surface area contributed by atoms with E-state index in [0.29, 0.717) is 48.3 Å². The van der Waals surface area contributed by atoms with E-state index in [-0.39, 0.29) is 38.2 Å². The van der Waals surface area contributed by atoms with Crippen LogP contribution < -0.4 is 31.2 Å². The van der Waals surface area contributed by atoms with Crippen LogP contribution in [0.5, 0.6) is 11.5 Å². The SMILES string of the molecule is CCOC(=O)c1ccc(OCC(=O)NNC(=O)C2CCC(C(=O)NNC(=O)COc3ccc(C(=O)OCC)cc3)CC2)cc1. The van der Waals surface area contributed by atoms with Crippen molar-refractivity contribution in [1.29, 1.82) is 0 Å². The Kier molecular flexibility index (Phi) is 13.0. The van der Waals surface area contributed by atoms with Gasteiger partial charge in [-0.15, -0.1) is 0 Å². The fraction of sp³-hybridized carbons (Fsp3) is 0.400. The Hall–Kier alpha value is -5.14. The molecule has 0 aromatic heterocycles. The molecule has 2 aromatic carbocycles. The van der Waals surface area contributed by atoms with Crippen molar-refractivity contribution in [1.82, 2.24) is 21.7 Å². The van der Waals surface area contributed by atoms with Gasteiger partial charge in [0.2, 0.25) is 11.8 Å². The molecule has 2 aromatic rings. The molecule has 3 rings (SSSR count). The molecule has 44 heavy (non-hydrogen) atoms. The van der Waals surface area contributed by atoms with Crippen molar-refractivity contribution in [3.63, 3.8) is 0 Å². The van der Waals surface area contributed by atoms with Crippen LogP contribution in [0.15, 0.2) is 48.5 Å². The third-order valence-corrected chi connectivity index (χ3v) is 6.59. The van der Waals surface area contributed by atoms with E-state index in [9.17, 15) is 28.8 Å². The van der Waals surface area contributed by atoms with Crippen molar-refractivity contribution in [3.8, 4) is 11.5 Å². The number of hydrogen-bond donors (Lipinski definition) is 4. The molecule has 14 nitrogen and oxygen atoms in total. The molecule has 0 bridgehead atoms. The van der Waals surface area contributed by atoms with Gasteiger partial charge in [0.05, 0.1) is 24.3 Å². The molecule has 1 aliphatic rings. The Morgan fingerprint density at radius 3 is 1.23 bits per heavy atom. The topological polar surface area (TPSA) is 187 Å². The molecule has 0 aliphatic heterocycles. The lowest BCUT2D eigenvalue weighted by molar-refractivity contribution is -0.135. The molecular formula is C30H36N4O10. The number of hydrogen-bond acceptors (Lipinski definition) is 10. The predicted octanol–water partition coefficient (Wildman–Crippen LogP) is 1.60. The number of amides is 4. The minimum atomic E-state index is -0.575. The first kappa shape index (κ1) is 33.4. The zero-order chi connectivity index (χ0) is 31.9. The molecule has 4 N–H and O–H groups in total. The van der Waals surface area contributed by atoms with Gasteiger partial charge in [0.15, 0.2) is 13.2 Å². The highest BCUT2D eigenvalue weighted by atomic mass is 16.5. The van der Waals surface area contributed by atoms with Gasteiger partial charge >= 0.3 is 11.9 Å². The van der Waals surface area contributed by atoms with Crippen LogP contribution >= 0.6 is 0 Å². The van der Waals surface area contributed by atoms with E-state index in [1.165, 1.54) is 48.5 Å². The molecule has 0 unspecified atom stereocenters. The van der Waals surface area contributed by atoms with Crippen molar-refractivity contribution in [2.24, 2.45) is 11.8 Å². The fourth-order valence-electron chi connectivity index (χ4n) is 4.26. The lowest BCUT2D eigenvalue weighted by atomic mass is 9.81. The molecular weight excluding hydrogens is 576 g/mol. The van der Waals surface area contributed by atoms with E-state index < -0.39 is 35.6 Å².